The molecule has 3 aliphatic rings. The molecule has 3 fully saturated rings. The first-order chi connectivity index (χ1) is 7.63. The van der Waals surface area contributed by atoms with Crippen molar-refractivity contribution in [1.29, 1.82) is 0 Å². The smallest absolute Gasteiger partial charge is 0.310 e. The number of hydrogen-bond donors (Lipinski definition) is 1. The number of rotatable bonds is 2. The Morgan fingerprint density at radius 3 is 3.06 bits per heavy atom. The van der Waals surface area contributed by atoms with Crippen LogP contribution in [-0.4, -0.2) is 28.8 Å². The molecule has 0 radical (unpaired) electrons. The second-order valence-electron chi connectivity index (χ2n) is 4.78. The van der Waals surface area contributed by atoms with Crippen molar-refractivity contribution in [3.8, 4) is 0 Å². The zero-order chi connectivity index (χ0) is 11.3. The number of carboxylic acid groups (broad SMARTS) is 1. The Bertz CT molecular complexity index is 455. The van der Waals surface area contributed by atoms with E-state index in [0.717, 1.165) is 17.5 Å². The van der Waals surface area contributed by atoms with E-state index >= 15 is 0 Å². The molecule has 1 aromatic heterocycles. The van der Waals surface area contributed by atoms with E-state index in [1.54, 1.807) is 12.4 Å². The molecule has 2 aliphatic heterocycles. The third kappa shape index (κ3) is 1.08. The van der Waals surface area contributed by atoms with Crippen LogP contribution in [0.2, 0.25) is 0 Å². The predicted molar refractivity (Wildman–Crippen MR) is 56.1 cm³/mol. The Labute approximate surface area is 93.3 Å². The van der Waals surface area contributed by atoms with Gasteiger partial charge in [0.05, 0.1) is 18.6 Å². The molecule has 2 bridgehead atoms. The number of pyridine rings is 1. The molecule has 0 unspecified atom stereocenters. The number of carbonyl (C=O) groups is 1. The minimum absolute atomic E-state index is 0.0991. The van der Waals surface area contributed by atoms with E-state index in [1.807, 2.05) is 13.0 Å². The third-order valence-corrected chi connectivity index (χ3v) is 3.80. The van der Waals surface area contributed by atoms with Crippen LogP contribution < -0.4 is 0 Å². The molecule has 2 saturated heterocycles. The average Bonchev–Trinajstić information content (AvgIpc) is 2.74. The summed E-state index contributed by atoms with van der Waals surface area (Å²) in [6, 6.07) is 2.02. The molecular weight excluding hydrogens is 206 g/mol. The minimum Gasteiger partial charge on any atom is -0.481 e. The van der Waals surface area contributed by atoms with Crippen molar-refractivity contribution in [1.82, 2.24) is 4.98 Å². The maximum Gasteiger partial charge on any atom is 0.310 e. The zero-order valence-electron chi connectivity index (χ0n) is 9.01. The van der Waals surface area contributed by atoms with Gasteiger partial charge in [0.1, 0.15) is 0 Å². The maximum atomic E-state index is 11.2. The van der Waals surface area contributed by atoms with Crippen LogP contribution in [0.25, 0.3) is 0 Å². The molecule has 1 saturated carbocycles. The van der Waals surface area contributed by atoms with Gasteiger partial charge in [-0.25, -0.2) is 0 Å². The van der Waals surface area contributed by atoms with Crippen molar-refractivity contribution in [3.05, 3.63) is 29.6 Å². The van der Waals surface area contributed by atoms with Gasteiger partial charge in [-0.2, -0.15) is 0 Å². The van der Waals surface area contributed by atoms with Crippen LogP contribution >= 0.6 is 0 Å². The highest BCUT2D eigenvalue weighted by atomic mass is 16.5. The molecule has 4 rings (SSSR count). The van der Waals surface area contributed by atoms with Gasteiger partial charge in [0.2, 0.25) is 0 Å². The highest BCUT2D eigenvalue weighted by molar-refractivity contribution is 5.76. The summed E-state index contributed by atoms with van der Waals surface area (Å²) in [5.41, 5.74) is 1.75. The van der Waals surface area contributed by atoms with Crippen molar-refractivity contribution < 1.29 is 14.6 Å². The molecule has 3 atom stereocenters. The Kier molecular flexibility index (Phi) is 1.86. The van der Waals surface area contributed by atoms with E-state index < -0.39 is 11.9 Å². The van der Waals surface area contributed by atoms with E-state index in [9.17, 15) is 9.90 Å². The van der Waals surface area contributed by atoms with Crippen LogP contribution in [0.5, 0.6) is 0 Å². The lowest BCUT2D eigenvalue weighted by atomic mass is 9.58. The highest BCUT2D eigenvalue weighted by Gasteiger charge is 2.65. The maximum absolute atomic E-state index is 11.2. The first-order valence-corrected chi connectivity index (χ1v) is 5.40. The van der Waals surface area contributed by atoms with Crippen LogP contribution in [0.3, 0.4) is 0 Å². The molecule has 16 heavy (non-hydrogen) atoms. The van der Waals surface area contributed by atoms with Crippen molar-refractivity contribution in [3.63, 3.8) is 0 Å². The Morgan fingerprint density at radius 1 is 1.62 bits per heavy atom. The monoisotopic (exact) mass is 219 g/mol. The van der Waals surface area contributed by atoms with Crippen LogP contribution in [0.1, 0.15) is 17.5 Å². The molecule has 0 aromatic carbocycles. The number of aromatic nitrogens is 1. The first kappa shape index (κ1) is 9.78. The number of nitrogens with zero attached hydrogens (tertiary/aromatic N) is 1. The molecule has 3 heterocycles. The lowest BCUT2D eigenvalue weighted by Gasteiger charge is -2.42. The SMILES string of the molecule is Cc1cncc([C@]23CO[C@H](C2)[C@H]3C(=O)O)c1. The van der Waals surface area contributed by atoms with Gasteiger partial charge in [0.15, 0.2) is 0 Å². The van der Waals surface area contributed by atoms with Gasteiger partial charge in [-0.05, 0) is 24.5 Å². The average molecular weight is 219 g/mol. The van der Waals surface area contributed by atoms with Gasteiger partial charge in [-0.1, -0.05) is 6.07 Å². The van der Waals surface area contributed by atoms with Gasteiger partial charge in [-0.3, -0.25) is 9.78 Å². The van der Waals surface area contributed by atoms with Gasteiger partial charge in [-0.15, -0.1) is 0 Å². The van der Waals surface area contributed by atoms with Gasteiger partial charge in [0.25, 0.3) is 0 Å². The van der Waals surface area contributed by atoms with Crippen molar-refractivity contribution in [2.24, 2.45) is 5.92 Å². The standard InChI is InChI=1S/C12H13NO3/c1-7-2-8(5-13-4-7)12-3-9(16-6-12)10(12)11(14)15/h2,4-5,9-10H,3,6H2,1H3,(H,14,15)/t9-,10+,12-/m1/s1. The fraction of sp³-hybridized carbons (Fsp3) is 0.500. The van der Waals surface area contributed by atoms with E-state index in [4.69, 9.17) is 4.74 Å². The number of aliphatic carboxylic acids is 1. The van der Waals surface area contributed by atoms with E-state index in [0.29, 0.717) is 6.61 Å². The molecule has 0 spiro atoms. The normalized spacial score (nSPS) is 35.8. The van der Waals surface area contributed by atoms with E-state index in [-0.39, 0.29) is 11.5 Å². The van der Waals surface area contributed by atoms with Crippen LogP contribution in [0, 0.1) is 12.8 Å². The summed E-state index contributed by atoms with van der Waals surface area (Å²) in [6.45, 7) is 2.48. The summed E-state index contributed by atoms with van der Waals surface area (Å²) in [6.07, 6.45) is 4.27. The summed E-state index contributed by atoms with van der Waals surface area (Å²) >= 11 is 0. The van der Waals surface area contributed by atoms with Gasteiger partial charge in [0, 0.05) is 17.8 Å². The van der Waals surface area contributed by atoms with Crippen molar-refractivity contribution >= 4 is 5.97 Å². The topological polar surface area (TPSA) is 59.4 Å². The molecule has 0 amide bonds. The van der Waals surface area contributed by atoms with Crippen molar-refractivity contribution in [2.75, 3.05) is 6.61 Å². The fourth-order valence-electron chi connectivity index (χ4n) is 2.96. The molecule has 1 aromatic rings. The van der Waals surface area contributed by atoms with Crippen LogP contribution in [0.15, 0.2) is 18.5 Å². The lowest BCUT2D eigenvalue weighted by molar-refractivity contribution is -0.150. The molecular formula is C12H13NO3. The number of fused-ring (bicyclic) bond motifs is 1. The summed E-state index contributed by atoms with van der Waals surface area (Å²) in [5.74, 6) is -1.15. The Hall–Kier alpha value is -1.42. The Morgan fingerprint density at radius 2 is 2.44 bits per heavy atom. The number of hydrogen-bond acceptors (Lipinski definition) is 3. The molecule has 84 valence electrons. The first-order valence-electron chi connectivity index (χ1n) is 5.40. The predicted octanol–water partition coefficient (Wildman–Crippen LogP) is 1.13. The quantitative estimate of drug-likeness (QED) is 0.810. The fourth-order valence-corrected chi connectivity index (χ4v) is 2.96. The Balaban J connectivity index is 2.03. The van der Waals surface area contributed by atoms with Crippen LogP contribution in [-0.2, 0) is 14.9 Å². The highest BCUT2D eigenvalue weighted by Crippen LogP contribution is 2.56. The summed E-state index contributed by atoms with van der Waals surface area (Å²) < 4.78 is 5.49. The third-order valence-electron chi connectivity index (χ3n) is 3.80. The number of carboxylic acids is 1. The zero-order valence-corrected chi connectivity index (χ0v) is 9.01. The van der Waals surface area contributed by atoms with Gasteiger partial charge < -0.3 is 9.84 Å². The van der Waals surface area contributed by atoms with Gasteiger partial charge >= 0.3 is 5.97 Å². The minimum atomic E-state index is -0.754. The summed E-state index contributed by atoms with van der Waals surface area (Å²) in [7, 11) is 0. The molecule has 1 aliphatic carbocycles. The van der Waals surface area contributed by atoms with Crippen LogP contribution in [0.4, 0.5) is 0 Å². The molecule has 1 N–H and O–H groups in total. The van der Waals surface area contributed by atoms with Crippen molar-refractivity contribution in [2.45, 2.75) is 24.9 Å². The summed E-state index contributed by atoms with van der Waals surface area (Å²) in [4.78, 5) is 15.3. The number of aryl methyl sites for hydroxylation is 1. The number of ether oxygens (including phenoxy) is 1. The molecule has 4 nitrogen and oxygen atoms in total. The van der Waals surface area contributed by atoms with E-state index in [1.165, 1.54) is 0 Å². The van der Waals surface area contributed by atoms with E-state index in [2.05, 4.69) is 4.98 Å². The second-order valence-corrected chi connectivity index (χ2v) is 4.78. The molecule has 4 heteroatoms. The lowest BCUT2D eigenvalue weighted by Crippen LogP contribution is -2.52. The summed E-state index contributed by atoms with van der Waals surface area (Å²) in [5, 5.41) is 9.21. The second kappa shape index (κ2) is 3.04. The largest absolute Gasteiger partial charge is 0.481 e.